The molecule has 1 heterocycles. The van der Waals surface area contributed by atoms with E-state index in [1.54, 1.807) is 18.4 Å². The van der Waals surface area contributed by atoms with Crippen LogP contribution in [-0.4, -0.2) is 7.11 Å². The van der Waals surface area contributed by atoms with Crippen LogP contribution in [0, 0.1) is 0 Å². The van der Waals surface area contributed by atoms with Crippen molar-refractivity contribution in [1.82, 2.24) is 0 Å². The zero-order valence-electron chi connectivity index (χ0n) is 8.13. The van der Waals surface area contributed by atoms with E-state index in [0.717, 1.165) is 22.6 Å². The molecular formula is C11H11ClOS. The van der Waals surface area contributed by atoms with Gasteiger partial charge in [-0.25, -0.2) is 0 Å². The largest absolute Gasteiger partial charge is 0.495 e. The minimum atomic E-state index is 0.773. The second-order valence-electron chi connectivity index (χ2n) is 3.07. The molecule has 1 aromatic carbocycles. The first-order valence-corrected chi connectivity index (χ1v) is 5.76. The van der Waals surface area contributed by atoms with Gasteiger partial charge in [0.05, 0.1) is 17.5 Å². The van der Waals surface area contributed by atoms with Gasteiger partial charge in [-0.1, -0.05) is 24.6 Å². The maximum atomic E-state index is 6.14. The average molecular weight is 227 g/mol. The van der Waals surface area contributed by atoms with Crippen LogP contribution in [0.15, 0.2) is 17.5 Å². The van der Waals surface area contributed by atoms with Crippen molar-refractivity contribution in [3.63, 3.8) is 0 Å². The number of hydrogen-bond acceptors (Lipinski definition) is 2. The third-order valence-electron chi connectivity index (χ3n) is 2.32. The van der Waals surface area contributed by atoms with Crippen LogP contribution in [0.3, 0.4) is 0 Å². The summed E-state index contributed by atoms with van der Waals surface area (Å²) in [6.45, 7) is 2.15. The summed E-state index contributed by atoms with van der Waals surface area (Å²) in [5.74, 6) is 0.880. The number of aryl methyl sites for hydroxylation is 1. The predicted molar refractivity (Wildman–Crippen MR) is 62.8 cm³/mol. The van der Waals surface area contributed by atoms with Crippen LogP contribution in [0.2, 0.25) is 5.02 Å². The summed E-state index contributed by atoms with van der Waals surface area (Å²) in [4.78, 5) is 0. The Kier molecular flexibility index (Phi) is 2.66. The van der Waals surface area contributed by atoms with E-state index in [1.165, 1.54) is 10.3 Å². The summed E-state index contributed by atoms with van der Waals surface area (Å²) in [5, 5.41) is 3.84. The zero-order chi connectivity index (χ0) is 10.1. The molecule has 3 heteroatoms. The lowest BCUT2D eigenvalue weighted by Gasteiger charge is -2.02. The molecule has 0 aliphatic rings. The lowest BCUT2D eigenvalue weighted by Crippen LogP contribution is -1.83. The Labute approximate surface area is 92.3 Å². The van der Waals surface area contributed by atoms with Gasteiger partial charge in [0.25, 0.3) is 0 Å². The van der Waals surface area contributed by atoms with Crippen molar-refractivity contribution in [3.05, 3.63) is 28.1 Å². The van der Waals surface area contributed by atoms with Crippen molar-refractivity contribution in [2.75, 3.05) is 7.11 Å². The fourth-order valence-corrected chi connectivity index (χ4v) is 3.00. The standard InChI is InChI=1S/C11H11ClOS/c1-3-7-4-5-8(12)10-9(13-2)6-14-11(7)10/h4-6H,3H2,1-2H3. The molecule has 0 bridgehead atoms. The molecule has 0 fully saturated rings. The zero-order valence-corrected chi connectivity index (χ0v) is 9.71. The number of halogens is 1. The fourth-order valence-electron chi connectivity index (χ4n) is 1.57. The van der Waals surface area contributed by atoms with Crippen molar-refractivity contribution in [2.24, 2.45) is 0 Å². The number of hydrogen-bond donors (Lipinski definition) is 0. The van der Waals surface area contributed by atoms with Crippen LogP contribution in [0.25, 0.3) is 10.1 Å². The van der Waals surface area contributed by atoms with E-state index in [2.05, 4.69) is 13.0 Å². The minimum Gasteiger partial charge on any atom is -0.495 e. The van der Waals surface area contributed by atoms with E-state index in [1.807, 2.05) is 11.4 Å². The van der Waals surface area contributed by atoms with Crippen molar-refractivity contribution in [3.8, 4) is 5.75 Å². The first-order chi connectivity index (χ1) is 6.77. The summed E-state index contributed by atoms with van der Waals surface area (Å²) in [6.07, 6.45) is 1.03. The number of ether oxygens (including phenoxy) is 1. The molecule has 0 spiro atoms. The van der Waals surface area contributed by atoms with Crippen molar-refractivity contribution < 1.29 is 4.74 Å². The minimum absolute atomic E-state index is 0.773. The van der Waals surface area contributed by atoms with Gasteiger partial charge in [0, 0.05) is 10.1 Å². The molecule has 2 rings (SSSR count). The highest BCUT2D eigenvalue weighted by atomic mass is 35.5. The van der Waals surface area contributed by atoms with E-state index in [9.17, 15) is 0 Å². The van der Waals surface area contributed by atoms with Crippen LogP contribution in [0.5, 0.6) is 5.75 Å². The Morgan fingerprint density at radius 3 is 2.86 bits per heavy atom. The van der Waals surface area contributed by atoms with Gasteiger partial charge in [-0.15, -0.1) is 11.3 Å². The summed E-state index contributed by atoms with van der Waals surface area (Å²) in [7, 11) is 1.68. The smallest absolute Gasteiger partial charge is 0.138 e. The van der Waals surface area contributed by atoms with E-state index >= 15 is 0 Å². The van der Waals surface area contributed by atoms with Crippen LogP contribution >= 0.6 is 22.9 Å². The Balaban J connectivity index is 2.80. The van der Waals surface area contributed by atoms with Crippen LogP contribution < -0.4 is 4.74 Å². The molecule has 0 aliphatic carbocycles. The number of methoxy groups -OCH3 is 1. The molecule has 0 saturated heterocycles. The fraction of sp³-hybridized carbons (Fsp3) is 0.273. The third kappa shape index (κ3) is 1.39. The summed E-state index contributed by atoms with van der Waals surface area (Å²) < 4.78 is 6.52. The maximum Gasteiger partial charge on any atom is 0.138 e. The highest BCUT2D eigenvalue weighted by molar-refractivity contribution is 7.17. The van der Waals surface area contributed by atoms with E-state index in [4.69, 9.17) is 16.3 Å². The van der Waals surface area contributed by atoms with Gasteiger partial charge in [0.15, 0.2) is 0 Å². The highest BCUT2D eigenvalue weighted by Gasteiger charge is 2.10. The van der Waals surface area contributed by atoms with Crippen LogP contribution in [-0.2, 0) is 6.42 Å². The second-order valence-corrected chi connectivity index (χ2v) is 4.36. The molecule has 14 heavy (non-hydrogen) atoms. The monoisotopic (exact) mass is 226 g/mol. The average Bonchev–Trinajstić information content (AvgIpc) is 2.63. The number of rotatable bonds is 2. The Hall–Kier alpha value is -0.730. The molecule has 0 saturated carbocycles. The van der Waals surface area contributed by atoms with Gasteiger partial charge < -0.3 is 4.74 Å². The quantitative estimate of drug-likeness (QED) is 0.749. The molecule has 0 radical (unpaired) electrons. The molecule has 0 unspecified atom stereocenters. The molecule has 0 atom stereocenters. The number of fused-ring (bicyclic) bond motifs is 1. The van der Waals surface area contributed by atoms with Gasteiger partial charge in [0.2, 0.25) is 0 Å². The molecule has 1 aromatic heterocycles. The molecule has 0 aliphatic heterocycles. The highest BCUT2D eigenvalue weighted by Crippen LogP contribution is 2.39. The second kappa shape index (κ2) is 3.79. The number of thiophene rings is 1. The summed E-state index contributed by atoms with van der Waals surface area (Å²) in [6, 6.07) is 4.03. The van der Waals surface area contributed by atoms with Gasteiger partial charge >= 0.3 is 0 Å². The normalized spacial score (nSPS) is 10.8. The van der Waals surface area contributed by atoms with E-state index in [-0.39, 0.29) is 0 Å². The van der Waals surface area contributed by atoms with Crippen LogP contribution in [0.1, 0.15) is 12.5 Å². The van der Waals surface area contributed by atoms with Gasteiger partial charge in [-0.05, 0) is 18.1 Å². The van der Waals surface area contributed by atoms with Crippen molar-refractivity contribution >= 4 is 33.0 Å². The van der Waals surface area contributed by atoms with E-state index < -0.39 is 0 Å². The Bertz CT molecular complexity index is 462. The first kappa shape index (κ1) is 9.81. The lowest BCUT2D eigenvalue weighted by molar-refractivity contribution is 0.421. The van der Waals surface area contributed by atoms with Crippen molar-refractivity contribution in [1.29, 1.82) is 0 Å². The summed E-state index contributed by atoms with van der Waals surface area (Å²) in [5.41, 5.74) is 1.33. The van der Waals surface area contributed by atoms with Gasteiger partial charge in [-0.2, -0.15) is 0 Å². The topological polar surface area (TPSA) is 9.23 Å². The molecule has 74 valence electrons. The van der Waals surface area contributed by atoms with Gasteiger partial charge in [0.1, 0.15) is 5.75 Å². The Morgan fingerprint density at radius 1 is 1.43 bits per heavy atom. The third-order valence-corrected chi connectivity index (χ3v) is 3.67. The SMILES string of the molecule is CCc1ccc(Cl)c2c(OC)csc12. The van der Waals surface area contributed by atoms with Gasteiger partial charge in [-0.3, -0.25) is 0 Å². The molecule has 0 N–H and O–H groups in total. The molecule has 1 nitrogen and oxygen atoms in total. The summed E-state index contributed by atoms with van der Waals surface area (Å²) >= 11 is 7.83. The number of benzene rings is 1. The maximum absolute atomic E-state index is 6.14. The van der Waals surface area contributed by atoms with Crippen molar-refractivity contribution in [2.45, 2.75) is 13.3 Å². The van der Waals surface area contributed by atoms with Crippen LogP contribution in [0.4, 0.5) is 0 Å². The molecular weight excluding hydrogens is 216 g/mol. The molecule has 2 aromatic rings. The predicted octanol–water partition coefficient (Wildman–Crippen LogP) is 4.13. The van der Waals surface area contributed by atoms with E-state index in [0.29, 0.717) is 0 Å². The molecule has 0 amide bonds. The first-order valence-electron chi connectivity index (χ1n) is 4.50. The lowest BCUT2D eigenvalue weighted by atomic mass is 10.1. The Morgan fingerprint density at radius 2 is 2.21 bits per heavy atom.